The number of nitrogens with one attached hydrogen (secondary N) is 2. The van der Waals surface area contributed by atoms with Gasteiger partial charge in [0.2, 0.25) is 0 Å². The van der Waals surface area contributed by atoms with E-state index in [9.17, 15) is 0 Å². The molecule has 4 N–H and O–H groups in total. The Morgan fingerprint density at radius 3 is 1.75 bits per heavy atom. The average molecular weight is 234 g/mol. The molecule has 4 heteroatoms. The van der Waals surface area contributed by atoms with Gasteiger partial charge in [-0.1, -0.05) is 13.8 Å². The molecule has 0 heterocycles. The van der Waals surface area contributed by atoms with Crippen molar-refractivity contribution in [1.82, 2.24) is 10.6 Å². The first kappa shape index (κ1) is 18.2. The Morgan fingerprint density at radius 1 is 1.00 bits per heavy atom. The first-order chi connectivity index (χ1) is 7.33. The van der Waals surface area contributed by atoms with Crippen molar-refractivity contribution in [2.75, 3.05) is 32.8 Å². The lowest BCUT2D eigenvalue weighted by molar-refractivity contribution is 0.272. The van der Waals surface area contributed by atoms with E-state index in [0.717, 1.165) is 13.1 Å². The van der Waals surface area contributed by atoms with Gasteiger partial charge in [0.1, 0.15) is 0 Å². The van der Waals surface area contributed by atoms with Gasteiger partial charge in [-0.25, -0.2) is 0 Å². The molecule has 0 spiro atoms. The van der Waals surface area contributed by atoms with Crippen LogP contribution >= 0.6 is 0 Å². The van der Waals surface area contributed by atoms with E-state index in [1.807, 2.05) is 0 Å². The van der Waals surface area contributed by atoms with Crippen molar-refractivity contribution in [1.29, 1.82) is 0 Å². The van der Waals surface area contributed by atoms with Crippen molar-refractivity contribution >= 4 is 0 Å². The molecule has 100 valence electrons. The van der Waals surface area contributed by atoms with Crippen LogP contribution in [0, 0.1) is 5.92 Å². The summed E-state index contributed by atoms with van der Waals surface area (Å²) in [5.74, 6) is 0.682. The normalized spacial score (nSPS) is 11.2. The highest BCUT2D eigenvalue weighted by molar-refractivity contribution is 4.68. The Bertz CT molecular complexity index is 133. The lowest BCUT2D eigenvalue weighted by Gasteiger charge is -2.19. The van der Waals surface area contributed by atoms with Gasteiger partial charge in [0, 0.05) is 18.6 Å². The maximum Gasteiger partial charge on any atom is 0.0556 e. The number of hydrogen-bond donors (Lipinski definition) is 4. The highest BCUT2D eigenvalue weighted by atomic mass is 16.3. The van der Waals surface area contributed by atoms with Crippen LogP contribution < -0.4 is 10.6 Å². The van der Waals surface area contributed by atoms with Crippen molar-refractivity contribution < 1.29 is 10.2 Å². The summed E-state index contributed by atoms with van der Waals surface area (Å²) < 4.78 is 0. The quantitative estimate of drug-likeness (QED) is 0.508. The van der Waals surface area contributed by atoms with E-state index in [4.69, 9.17) is 10.2 Å². The zero-order chi connectivity index (χ0) is 13.0. The molecule has 0 atom stereocenters. The zero-order valence-corrected chi connectivity index (χ0v) is 11.5. The standard InChI is InChI=1S/2C6H15NO/c1-6(2,3)7-4-5-8;1-6(2)5-7-3-4-8/h7-8H,4-5H2,1-3H3;6-8H,3-5H2,1-2H3. The lowest BCUT2D eigenvalue weighted by atomic mass is 10.1. The second-order valence-electron chi connectivity index (χ2n) is 5.22. The van der Waals surface area contributed by atoms with Crippen LogP contribution in [0.3, 0.4) is 0 Å². The molecule has 0 aromatic carbocycles. The third kappa shape index (κ3) is 23.6. The van der Waals surface area contributed by atoms with Gasteiger partial charge < -0.3 is 20.8 Å². The highest BCUT2D eigenvalue weighted by Gasteiger charge is 2.05. The minimum absolute atomic E-state index is 0.142. The number of β-amino-alcohol motifs (C(OH)–C–C–N with tert-alkyl or cyclic N) is 1. The molecule has 0 aromatic rings. The largest absolute Gasteiger partial charge is 0.395 e. The molecule has 0 saturated heterocycles. The summed E-state index contributed by atoms with van der Waals surface area (Å²) in [5.41, 5.74) is 0.142. The second kappa shape index (κ2) is 11.3. The van der Waals surface area contributed by atoms with Gasteiger partial charge in [0.15, 0.2) is 0 Å². The van der Waals surface area contributed by atoms with Gasteiger partial charge in [-0.3, -0.25) is 0 Å². The smallest absolute Gasteiger partial charge is 0.0556 e. The minimum atomic E-state index is 0.142. The summed E-state index contributed by atoms with van der Waals surface area (Å²) >= 11 is 0. The Kier molecular flexibility index (Phi) is 12.9. The summed E-state index contributed by atoms with van der Waals surface area (Å²) in [4.78, 5) is 0. The fraction of sp³-hybridized carbons (Fsp3) is 1.00. The predicted molar refractivity (Wildman–Crippen MR) is 69.6 cm³/mol. The summed E-state index contributed by atoms with van der Waals surface area (Å²) in [6.07, 6.45) is 0. The van der Waals surface area contributed by atoms with Gasteiger partial charge in [-0.15, -0.1) is 0 Å². The molecular weight excluding hydrogens is 204 g/mol. The SMILES string of the molecule is CC(C)(C)NCCO.CC(C)CNCCO. The van der Waals surface area contributed by atoms with Crippen LogP contribution in [-0.4, -0.2) is 48.6 Å². The van der Waals surface area contributed by atoms with E-state index in [1.54, 1.807) is 0 Å². The third-order valence-corrected chi connectivity index (χ3v) is 1.61. The van der Waals surface area contributed by atoms with E-state index in [1.165, 1.54) is 0 Å². The molecular formula is C12H30N2O2. The van der Waals surface area contributed by atoms with Crippen LogP contribution in [0.25, 0.3) is 0 Å². The van der Waals surface area contributed by atoms with Crippen LogP contribution in [0.5, 0.6) is 0 Å². The lowest BCUT2D eigenvalue weighted by Crippen LogP contribution is -2.37. The topological polar surface area (TPSA) is 64.5 Å². The van der Waals surface area contributed by atoms with Crippen LogP contribution in [0.2, 0.25) is 0 Å². The van der Waals surface area contributed by atoms with Gasteiger partial charge in [-0.05, 0) is 33.2 Å². The van der Waals surface area contributed by atoms with Gasteiger partial charge in [0.05, 0.1) is 13.2 Å². The van der Waals surface area contributed by atoms with Crippen LogP contribution in [0.15, 0.2) is 0 Å². The number of aliphatic hydroxyl groups excluding tert-OH is 2. The Balaban J connectivity index is 0. The average Bonchev–Trinajstić information content (AvgIpc) is 2.14. The second-order valence-corrected chi connectivity index (χ2v) is 5.22. The molecule has 16 heavy (non-hydrogen) atoms. The zero-order valence-electron chi connectivity index (χ0n) is 11.5. The van der Waals surface area contributed by atoms with Gasteiger partial charge >= 0.3 is 0 Å². The van der Waals surface area contributed by atoms with E-state index < -0.39 is 0 Å². The monoisotopic (exact) mass is 234 g/mol. The van der Waals surface area contributed by atoms with Crippen molar-refractivity contribution in [3.63, 3.8) is 0 Å². The Hall–Kier alpha value is -0.160. The van der Waals surface area contributed by atoms with Gasteiger partial charge in [-0.2, -0.15) is 0 Å². The highest BCUT2D eigenvalue weighted by Crippen LogP contribution is 1.95. The summed E-state index contributed by atoms with van der Waals surface area (Å²) in [5, 5.41) is 22.9. The number of hydrogen-bond acceptors (Lipinski definition) is 4. The first-order valence-corrected chi connectivity index (χ1v) is 6.01. The first-order valence-electron chi connectivity index (χ1n) is 6.01. The number of rotatable bonds is 6. The molecule has 0 aromatic heterocycles. The van der Waals surface area contributed by atoms with Crippen LogP contribution in [0.4, 0.5) is 0 Å². The number of aliphatic hydroxyl groups is 2. The van der Waals surface area contributed by atoms with E-state index in [2.05, 4.69) is 45.3 Å². The molecule has 0 aliphatic rings. The predicted octanol–water partition coefficient (Wildman–Crippen LogP) is 0.591. The molecule has 0 fully saturated rings. The molecule has 0 aliphatic carbocycles. The van der Waals surface area contributed by atoms with Crippen LogP contribution in [-0.2, 0) is 0 Å². The molecule has 0 unspecified atom stereocenters. The molecule has 0 rings (SSSR count). The van der Waals surface area contributed by atoms with Crippen molar-refractivity contribution in [3.05, 3.63) is 0 Å². The summed E-state index contributed by atoms with van der Waals surface area (Å²) in [6.45, 7) is 13.4. The molecule has 0 saturated carbocycles. The molecule has 0 radical (unpaired) electrons. The van der Waals surface area contributed by atoms with Crippen LogP contribution in [0.1, 0.15) is 34.6 Å². The summed E-state index contributed by atoms with van der Waals surface area (Å²) in [7, 11) is 0. The molecule has 4 nitrogen and oxygen atoms in total. The van der Waals surface area contributed by atoms with Crippen molar-refractivity contribution in [2.24, 2.45) is 5.92 Å². The Labute approximate surface area is 100 Å². The Morgan fingerprint density at radius 2 is 1.50 bits per heavy atom. The van der Waals surface area contributed by atoms with Gasteiger partial charge in [0.25, 0.3) is 0 Å². The third-order valence-electron chi connectivity index (χ3n) is 1.61. The summed E-state index contributed by atoms with van der Waals surface area (Å²) in [6, 6.07) is 0. The fourth-order valence-electron chi connectivity index (χ4n) is 0.901. The van der Waals surface area contributed by atoms with E-state index in [0.29, 0.717) is 12.5 Å². The molecule has 0 amide bonds. The molecule has 0 bridgehead atoms. The maximum atomic E-state index is 8.37. The fourth-order valence-corrected chi connectivity index (χ4v) is 0.901. The minimum Gasteiger partial charge on any atom is -0.395 e. The van der Waals surface area contributed by atoms with Crippen molar-refractivity contribution in [3.8, 4) is 0 Å². The molecule has 0 aliphatic heterocycles. The van der Waals surface area contributed by atoms with E-state index >= 15 is 0 Å². The van der Waals surface area contributed by atoms with Crippen molar-refractivity contribution in [2.45, 2.75) is 40.2 Å². The maximum absolute atomic E-state index is 8.37. The van der Waals surface area contributed by atoms with E-state index in [-0.39, 0.29) is 18.8 Å².